The first-order valence-corrected chi connectivity index (χ1v) is 15.2. The van der Waals surface area contributed by atoms with Crippen molar-refractivity contribution in [2.24, 2.45) is 0 Å². The summed E-state index contributed by atoms with van der Waals surface area (Å²) in [5.74, 6) is 0. The molecule has 0 amide bonds. The van der Waals surface area contributed by atoms with Gasteiger partial charge in [0.05, 0.1) is 0 Å². The molecule has 3 aliphatic rings. The van der Waals surface area contributed by atoms with Gasteiger partial charge in [0, 0.05) is 71.8 Å². The van der Waals surface area contributed by atoms with E-state index in [0.717, 1.165) is 0 Å². The third-order valence-corrected chi connectivity index (χ3v) is 9.19. The summed E-state index contributed by atoms with van der Waals surface area (Å²) < 4.78 is 19.1. The predicted octanol–water partition coefficient (Wildman–Crippen LogP) is 5.24. The maximum absolute atomic E-state index is 10.8. The molecule has 3 saturated heterocycles. The fraction of sp³-hybridized carbons (Fsp3) is 0.900. The lowest BCUT2D eigenvalue weighted by molar-refractivity contribution is -0.256. The third-order valence-electron chi connectivity index (χ3n) is 9.19. The van der Waals surface area contributed by atoms with Crippen LogP contribution in [0.1, 0.15) is 122 Å². The van der Waals surface area contributed by atoms with Gasteiger partial charge in [-0.3, -0.25) is 0 Å². The number of ether oxygens (including phenoxy) is 3. The molecule has 12 heteroatoms. The Morgan fingerprint density at radius 1 is 0.429 bits per heavy atom. The molecule has 1 aromatic heterocycles. The molecular weight excluding hydrogens is 540 g/mol. The van der Waals surface area contributed by atoms with Crippen molar-refractivity contribution in [3.63, 3.8) is 0 Å². The van der Waals surface area contributed by atoms with Crippen molar-refractivity contribution in [1.82, 2.24) is 30.1 Å². The largest absolute Gasteiger partial charge is 0.460 e. The highest BCUT2D eigenvalue weighted by Crippen LogP contribution is 2.41. The summed E-state index contributed by atoms with van der Waals surface area (Å²) in [6.07, 6.45) is 2.64. The molecule has 0 saturated carbocycles. The number of rotatable bonds is 6. The Balaban J connectivity index is 1.63. The minimum Gasteiger partial charge on any atom is -0.460 e. The molecule has 4 heterocycles. The zero-order valence-corrected chi connectivity index (χ0v) is 27.7. The van der Waals surface area contributed by atoms with Crippen LogP contribution >= 0.6 is 0 Å². The van der Waals surface area contributed by atoms with Crippen molar-refractivity contribution in [3.05, 3.63) is 0 Å². The summed E-state index contributed by atoms with van der Waals surface area (Å²) >= 11 is 0. The Morgan fingerprint density at radius 2 is 0.595 bits per heavy atom. The van der Waals surface area contributed by atoms with Crippen LogP contribution in [0, 0.1) is 0 Å². The summed E-state index contributed by atoms with van der Waals surface area (Å²) in [5.41, 5.74) is -3.07. The van der Waals surface area contributed by atoms with E-state index in [2.05, 4.69) is 15.0 Å². The van der Waals surface area contributed by atoms with Gasteiger partial charge in [-0.1, -0.05) is 0 Å². The van der Waals surface area contributed by atoms with E-state index in [-0.39, 0.29) is 36.3 Å². The molecule has 0 atom stereocenters. The molecule has 3 N–H and O–H groups in total. The summed E-state index contributed by atoms with van der Waals surface area (Å²) in [7, 11) is 0. The van der Waals surface area contributed by atoms with E-state index in [4.69, 9.17) is 14.2 Å². The monoisotopic (exact) mass is 594 g/mol. The molecular formula is C30H54N6O6. The molecule has 42 heavy (non-hydrogen) atoms. The maximum Gasteiger partial charge on any atom is 0.326 e. The number of nitrogens with zero attached hydrogens (tertiary/aromatic N) is 6. The van der Waals surface area contributed by atoms with Crippen LogP contribution < -0.4 is 14.2 Å². The summed E-state index contributed by atoms with van der Waals surface area (Å²) in [4.78, 5) is 13.7. The van der Waals surface area contributed by atoms with E-state index >= 15 is 0 Å². The van der Waals surface area contributed by atoms with Crippen LogP contribution in [0.5, 0.6) is 18.0 Å². The molecule has 0 bridgehead atoms. The lowest BCUT2D eigenvalue weighted by Crippen LogP contribution is -2.61. The van der Waals surface area contributed by atoms with Gasteiger partial charge in [-0.25, -0.2) is 0 Å². The first-order chi connectivity index (χ1) is 18.9. The van der Waals surface area contributed by atoms with E-state index in [1.807, 2.05) is 83.1 Å². The molecule has 12 nitrogen and oxygen atoms in total. The summed E-state index contributed by atoms with van der Waals surface area (Å²) in [6.45, 7) is 23.8. The van der Waals surface area contributed by atoms with Crippen LogP contribution in [0.25, 0.3) is 0 Å². The highest BCUT2D eigenvalue weighted by atomic mass is 16.6. The second-order valence-electron chi connectivity index (χ2n) is 16.4. The third kappa shape index (κ3) is 6.78. The fourth-order valence-corrected chi connectivity index (χ4v) is 7.71. The molecule has 0 radical (unpaired) electrons. The molecule has 0 aliphatic carbocycles. The van der Waals surface area contributed by atoms with E-state index in [0.29, 0.717) is 38.5 Å². The number of piperidine rings is 3. The molecule has 3 aliphatic heterocycles. The molecule has 3 fully saturated rings. The average molecular weight is 595 g/mol. The summed E-state index contributed by atoms with van der Waals surface area (Å²) in [5, 5.41) is 36.5. The van der Waals surface area contributed by atoms with Gasteiger partial charge in [0.25, 0.3) is 0 Å². The van der Waals surface area contributed by atoms with Crippen LogP contribution in [0.4, 0.5) is 0 Å². The standard InChI is InChI=1S/C30H54N6O6/c1-25(2)13-19(14-26(3,4)34(25)37)40-22-31-23(41-20-15-27(5,6)35(38)28(7,8)16-20)33-24(32-22)42-21-17-29(9,10)36(39)30(11,12)18-21/h19-21,37-39H,13-18H2,1-12H3. The number of hydrogen-bond acceptors (Lipinski definition) is 12. The fourth-order valence-electron chi connectivity index (χ4n) is 7.71. The van der Waals surface area contributed by atoms with Gasteiger partial charge >= 0.3 is 18.0 Å². The Labute approximate surface area is 251 Å². The Kier molecular flexibility index (Phi) is 8.39. The SMILES string of the molecule is CC1(C)CC(Oc2nc(OC3CC(C)(C)N(O)C(C)(C)C3)nc(OC3CC(C)(C)N(O)C(C)(C)C3)n2)CC(C)(C)N1O. The van der Waals surface area contributed by atoms with Gasteiger partial charge in [-0.15, -0.1) is 15.0 Å². The molecule has 4 rings (SSSR count). The van der Waals surface area contributed by atoms with Crippen molar-refractivity contribution in [2.45, 2.75) is 173 Å². The Morgan fingerprint density at radius 3 is 0.762 bits per heavy atom. The van der Waals surface area contributed by atoms with Crippen molar-refractivity contribution in [2.75, 3.05) is 0 Å². The number of hydroxylamine groups is 6. The molecule has 240 valence electrons. The van der Waals surface area contributed by atoms with Crippen LogP contribution in [0.3, 0.4) is 0 Å². The summed E-state index contributed by atoms with van der Waals surface area (Å²) in [6, 6.07) is 0.317. The smallest absolute Gasteiger partial charge is 0.326 e. The van der Waals surface area contributed by atoms with Gasteiger partial charge < -0.3 is 29.8 Å². The van der Waals surface area contributed by atoms with E-state index in [1.165, 1.54) is 15.2 Å². The van der Waals surface area contributed by atoms with Crippen LogP contribution in [-0.2, 0) is 0 Å². The first kappa shape index (κ1) is 33.1. The normalized spacial score (nSPS) is 28.4. The van der Waals surface area contributed by atoms with E-state index < -0.39 is 33.2 Å². The van der Waals surface area contributed by atoms with E-state index in [9.17, 15) is 15.6 Å². The molecule has 1 aromatic rings. The quantitative estimate of drug-likeness (QED) is 0.397. The predicted molar refractivity (Wildman–Crippen MR) is 156 cm³/mol. The highest BCUT2D eigenvalue weighted by molar-refractivity contribution is 5.12. The zero-order valence-electron chi connectivity index (χ0n) is 27.7. The van der Waals surface area contributed by atoms with E-state index in [1.54, 1.807) is 0 Å². The van der Waals surface area contributed by atoms with Crippen LogP contribution in [-0.4, -0.2) is 97.3 Å². The minimum atomic E-state index is -0.511. The maximum atomic E-state index is 10.8. The van der Waals surface area contributed by atoms with Gasteiger partial charge in [-0.05, 0) is 83.1 Å². The zero-order chi connectivity index (χ0) is 31.7. The number of aromatic nitrogens is 3. The topological polar surface area (TPSA) is 137 Å². The highest BCUT2D eigenvalue weighted by Gasteiger charge is 2.49. The molecule has 0 unspecified atom stereocenters. The lowest BCUT2D eigenvalue weighted by atomic mass is 9.80. The van der Waals surface area contributed by atoms with Gasteiger partial charge in [0.2, 0.25) is 0 Å². The van der Waals surface area contributed by atoms with Gasteiger partial charge in [0.1, 0.15) is 18.3 Å². The molecule has 0 aromatic carbocycles. The van der Waals surface area contributed by atoms with Crippen molar-refractivity contribution in [1.29, 1.82) is 0 Å². The van der Waals surface area contributed by atoms with Crippen molar-refractivity contribution >= 4 is 0 Å². The second-order valence-corrected chi connectivity index (χ2v) is 16.4. The Hall–Kier alpha value is -1.83. The number of hydrogen-bond donors (Lipinski definition) is 3. The first-order valence-electron chi connectivity index (χ1n) is 15.2. The van der Waals surface area contributed by atoms with Crippen molar-refractivity contribution in [3.8, 4) is 18.0 Å². The lowest BCUT2D eigenvalue weighted by Gasteiger charge is -2.51. The Bertz CT molecular complexity index is 935. The van der Waals surface area contributed by atoms with Gasteiger partial charge in [-0.2, -0.15) is 15.2 Å². The minimum absolute atomic E-state index is 0.106. The van der Waals surface area contributed by atoms with Gasteiger partial charge in [0.15, 0.2) is 0 Å². The molecule has 0 spiro atoms. The van der Waals surface area contributed by atoms with Crippen LogP contribution in [0.2, 0.25) is 0 Å². The average Bonchev–Trinajstić information content (AvgIpc) is 2.78. The van der Waals surface area contributed by atoms with Crippen molar-refractivity contribution < 1.29 is 29.8 Å². The second kappa shape index (κ2) is 10.7. The van der Waals surface area contributed by atoms with Crippen LogP contribution in [0.15, 0.2) is 0 Å².